The highest BCUT2D eigenvalue weighted by Crippen LogP contribution is 2.27. The molecule has 0 atom stereocenters. The average molecular weight is 157 g/mol. The summed E-state index contributed by atoms with van der Waals surface area (Å²) in [6, 6.07) is 6.77. The second-order valence-electron chi connectivity index (χ2n) is 1.97. The van der Waals surface area contributed by atoms with Crippen LogP contribution < -0.4 is 4.74 Å². The Labute approximate surface area is 63.6 Å². The number of ether oxygens (including phenoxy) is 1. The maximum absolute atomic E-state index is 12.1. The normalized spacial score (nSPS) is 10.2. The first-order valence-electron chi connectivity index (χ1n) is 3.08. The zero-order valence-electron chi connectivity index (χ0n) is 5.97. The number of hydrogen-bond acceptors (Lipinski definition) is 1. The van der Waals surface area contributed by atoms with Gasteiger partial charge in [-0.25, -0.2) is 8.78 Å². The molecular formula is C8H7F2O. The van der Waals surface area contributed by atoms with E-state index in [1.54, 1.807) is 0 Å². The topological polar surface area (TPSA) is 9.23 Å². The molecule has 0 aliphatic carbocycles. The van der Waals surface area contributed by atoms with Crippen LogP contribution >= 0.6 is 0 Å². The third kappa shape index (κ3) is 1.67. The van der Waals surface area contributed by atoms with E-state index in [9.17, 15) is 8.78 Å². The Hall–Kier alpha value is -1.12. The van der Waals surface area contributed by atoms with Gasteiger partial charge in [-0.3, -0.25) is 0 Å². The van der Waals surface area contributed by atoms with Gasteiger partial charge in [0.05, 0.1) is 12.7 Å². The largest absolute Gasteiger partial charge is 0.496 e. The molecule has 11 heavy (non-hydrogen) atoms. The molecule has 0 heterocycles. The molecule has 1 aromatic rings. The molecule has 1 nitrogen and oxygen atoms in total. The molecule has 3 heteroatoms. The number of hydrogen-bond donors (Lipinski definition) is 0. The number of alkyl halides is 2. The van der Waals surface area contributed by atoms with Crippen molar-refractivity contribution in [1.29, 1.82) is 0 Å². The first-order valence-corrected chi connectivity index (χ1v) is 3.08. The molecule has 1 radical (unpaired) electrons. The fourth-order valence-corrected chi connectivity index (χ4v) is 0.784. The summed E-state index contributed by atoms with van der Waals surface area (Å²) in [6.45, 7) is 0. The lowest BCUT2D eigenvalue weighted by Crippen LogP contribution is -1.90. The minimum Gasteiger partial charge on any atom is -0.496 e. The smallest absolute Gasteiger partial charge is 0.267 e. The van der Waals surface area contributed by atoms with Crippen molar-refractivity contribution in [1.82, 2.24) is 0 Å². The third-order valence-corrected chi connectivity index (χ3v) is 1.31. The van der Waals surface area contributed by atoms with Crippen LogP contribution in [0.2, 0.25) is 0 Å². The molecule has 0 saturated carbocycles. The predicted octanol–water partition coefficient (Wildman–Crippen LogP) is 2.43. The summed E-state index contributed by atoms with van der Waals surface area (Å²) in [5.74, 6) is 0.183. The van der Waals surface area contributed by atoms with Gasteiger partial charge in [0.1, 0.15) is 5.75 Å². The maximum Gasteiger partial charge on any atom is 0.267 e. The van der Waals surface area contributed by atoms with E-state index in [0.717, 1.165) is 0 Å². The molecule has 59 valence electrons. The minimum atomic E-state index is -2.49. The molecule has 0 saturated heterocycles. The average Bonchev–Trinajstić information content (AvgIpc) is 2.04. The number of methoxy groups -OCH3 is 1. The SMILES string of the molecule is COc1c[c]ccc1C(F)F. The highest BCUT2D eigenvalue weighted by atomic mass is 19.3. The summed E-state index contributed by atoms with van der Waals surface area (Å²) >= 11 is 0. The minimum absolute atomic E-state index is 0.0914. The molecule has 0 spiro atoms. The van der Waals surface area contributed by atoms with Gasteiger partial charge in [-0.1, -0.05) is 6.07 Å². The van der Waals surface area contributed by atoms with Gasteiger partial charge in [0.25, 0.3) is 6.43 Å². The number of benzene rings is 1. The summed E-state index contributed by atoms with van der Waals surface area (Å²) < 4.78 is 28.9. The van der Waals surface area contributed by atoms with Crippen LogP contribution in [0, 0.1) is 6.07 Å². The van der Waals surface area contributed by atoms with Crippen molar-refractivity contribution in [2.45, 2.75) is 6.43 Å². The van der Waals surface area contributed by atoms with Crippen LogP contribution in [0.3, 0.4) is 0 Å². The van der Waals surface area contributed by atoms with E-state index in [4.69, 9.17) is 4.74 Å². The number of halogens is 2. The lowest BCUT2D eigenvalue weighted by atomic mass is 10.2. The van der Waals surface area contributed by atoms with Gasteiger partial charge in [0.15, 0.2) is 0 Å². The highest BCUT2D eigenvalue weighted by Gasteiger charge is 2.11. The molecule has 0 unspecified atom stereocenters. The van der Waals surface area contributed by atoms with E-state index in [1.807, 2.05) is 0 Å². The Morgan fingerprint density at radius 3 is 2.73 bits per heavy atom. The molecule has 0 N–H and O–H groups in total. The van der Waals surface area contributed by atoms with Gasteiger partial charge < -0.3 is 4.74 Å². The molecule has 0 fully saturated rings. The maximum atomic E-state index is 12.1. The van der Waals surface area contributed by atoms with Gasteiger partial charge in [-0.2, -0.15) is 0 Å². The van der Waals surface area contributed by atoms with E-state index in [0.29, 0.717) is 0 Å². The van der Waals surface area contributed by atoms with Crippen molar-refractivity contribution in [3.05, 3.63) is 29.8 Å². The second-order valence-corrected chi connectivity index (χ2v) is 1.97. The van der Waals surface area contributed by atoms with Crippen molar-refractivity contribution in [3.63, 3.8) is 0 Å². The summed E-state index contributed by atoms with van der Waals surface area (Å²) in [5.41, 5.74) is -0.0914. The van der Waals surface area contributed by atoms with Crippen LogP contribution in [0.5, 0.6) is 5.75 Å². The zero-order chi connectivity index (χ0) is 8.27. The third-order valence-electron chi connectivity index (χ3n) is 1.31. The van der Waals surface area contributed by atoms with E-state index in [-0.39, 0.29) is 11.3 Å². The quantitative estimate of drug-likeness (QED) is 0.640. The standard InChI is InChI=1S/C8H7F2O/c1-11-7-5-3-2-4-6(7)8(9)10/h2,4-5,8H,1H3. The first kappa shape index (κ1) is 7.98. The van der Waals surface area contributed by atoms with Crippen LogP contribution in [0.15, 0.2) is 18.2 Å². The van der Waals surface area contributed by atoms with Crippen LogP contribution in [-0.2, 0) is 0 Å². The fourth-order valence-electron chi connectivity index (χ4n) is 0.784. The molecule has 1 rings (SSSR count). The van der Waals surface area contributed by atoms with Gasteiger partial charge >= 0.3 is 0 Å². The van der Waals surface area contributed by atoms with Crippen molar-refractivity contribution >= 4 is 0 Å². The Balaban J connectivity index is 3.02. The van der Waals surface area contributed by atoms with Crippen molar-refractivity contribution in [3.8, 4) is 5.75 Å². The highest BCUT2D eigenvalue weighted by molar-refractivity contribution is 5.33. The summed E-state index contributed by atoms with van der Waals surface area (Å²) in [5, 5.41) is 0. The van der Waals surface area contributed by atoms with Crippen LogP contribution in [0.25, 0.3) is 0 Å². The second kappa shape index (κ2) is 3.32. The van der Waals surface area contributed by atoms with E-state index >= 15 is 0 Å². The van der Waals surface area contributed by atoms with E-state index in [1.165, 1.54) is 25.3 Å². The Morgan fingerprint density at radius 1 is 1.55 bits per heavy atom. The number of rotatable bonds is 2. The monoisotopic (exact) mass is 157 g/mol. The molecule has 0 bridgehead atoms. The first-order chi connectivity index (χ1) is 5.25. The molecular weight excluding hydrogens is 150 g/mol. The van der Waals surface area contributed by atoms with Crippen molar-refractivity contribution in [2.75, 3.05) is 7.11 Å². The van der Waals surface area contributed by atoms with Crippen molar-refractivity contribution < 1.29 is 13.5 Å². The lowest BCUT2D eigenvalue weighted by Gasteiger charge is -2.05. The fraction of sp³-hybridized carbons (Fsp3) is 0.250. The molecule has 0 aliphatic heterocycles. The predicted molar refractivity (Wildman–Crippen MR) is 36.8 cm³/mol. The zero-order valence-corrected chi connectivity index (χ0v) is 5.97. The molecule has 0 aliphatic rings. The summed E-state index contributed by atoms with van der Waals surface area (Å²) in [7, 11) is 1.36. The summed E-state index contributed by atoms with van der Waals surface area (Å²) in [6.07, 6.45) is -2.49. The lowest BCUT2D eigenvalue weighted by molar-refractivity contribution is 0.147. The van der Waals surface area contributed by atoms with E-state index < -0.39 is 6.43 Å². The van der Waals surface area contributed by atoms with Gasteiger partial charge in [-0.15, -0.1) is 0 Å². The Kier molecular flexibility index (Phi) is 2.41. The Bertz CT molecular complexity index is 235. The van der Waals surface area contributed by atoms with Crippen LogP contribution in [0.1, 0.15) is 12.0 Å². The van der Waals surface area contributed by atoms with Gasteiger partial charge in [0, 0.05) is 0 Å². The van der Waals surface area contributed by atoms with Gasteiger partial charge in [-0.05, 0) is 18.2 Å². The molecule has 1 aromatic carbocycles. The van der Waals surface area contributed by atoms with Gasteiger partial charge in [0.2, 0.25) is 0 Å². The molecule has 0 amide bonds. The van der Waals surface area contributed by atoms with E-state index in [2.05, 4.69) is 6.07 Å². The Morgan fingerprint density at radius 2 is 2.27 bits per heavy atom. The van der Waals surface area contributed by atoms with Crippen molar-refractivity contribution in [2.24, 2.45) is 0 Å². The van der Waals surface area contributed by atoms with Crippen LogP contribution in [-0.4, -0.2) is 7.11 Å². The van der Waals surface area contributed by atoms with Crippen LogP contribution in [0.4, 0.5) is 8.78 Å². The molecule has 0 aromatic heterocycles. The summed E-state index contributed by atoms with van der Waals surface area (Å²) in [4.78, 5) is 0.